The highest BCUT2D eigenvalue weighted by atomic mass is 19.1. The predicted molar refractivity (Wildman–Crippen MR) is 182 cm³/mol. The molecule has 5 fully saturated rings. The molecule has 4 saturated heterocycles. The largest absolute Gasteiger partial charge is 0.508 e. The van der Waals surface area contributed by atoms with Crippen LogP contribution < -0.4 is 15.0 Å². The Morgan fingerprint density at radius 2 is 1.77 bits per heavy atom. The molecule has 5 aliphatic rings. The van der Waals surface area contributed by atoms with Crippen LogP contribution in [-0.2, 0) is 11.2 Å². The van der Waals surface area contributed by atoms with Gasteiger partial charge in [0.15, 0.2) is 5.82 Å². The number of ether oxygens (including phenoxy) is 2. The minimum absolute atomic E-state index is 0.00261. The smallest absolute Gasteiger partial charge is 0.319 e. The fourth-order valence-electron chi connectivity index (χ4n) is 9.07. The Morgan fingerprint density at radius 1 is 1.02 bits per heavy atom. The lowest BCUT2D eigenvalue weighted by Gasteiger charge is -2.37. The number of fused-ring (bicyclic) bond motifs is 6. The van der Waals surface area contributed by atoms with E-state index in [0.29, 0.717) is 81.4 Å². The molecule has 2 N–H and O–H groups in total. The van der Waals surface area contributed by atoms with Crippen molar-refractivity contribution < 1.29 is 23.4 Å². The predicted octanol–water partition coefficient (Wildman–Crippen LogP) is 6.27. The molecule has 8 nitrogen and oxygen atoms in total. The summed E-state index contributed by atoms with van der Waals surface area (Å²) in [5.41, 5.74) is 2.16. The lowest BCUT2D eigenvalue weighted by molar-refractivity contribution is -0.0271. The van der Waals surface area contributed by atoms with Crippen LogP contribution in [0.4, 0.5) is 14.6 Å². The minimum atomic E-state index is -0.513. The molecule has 252 valence electrons. The molecule has 48 heavy (non-hydrogen) atoms. The molecule has 1 aliphatic carbocycles. The van der Waals surface area contributed by atoms with E-state index >= 15 is 8.78 Å². The van der Waals surface area contributed by atoms with Gasteiger partial charge in [-0.2, -0.15) is 9.97 Å². The van der Waals surface area contributed by atoms with Crippen LogP contribution in [0.15, 0.2) is 30.3 Å². The SMILES string of the molecule is CCc1c(F)ccc2cc(O)cc(-c3c(C)cc4c(N5CC6CCC(C5)N6)nc(OCC5(CN6C7CCC6COC7)CC5)nc4c3F)c12. The van der Waals surface area contributed by atoms with Gasteiger partial charge in [0.1, 0.15) is 22.9 Å². The molecule has 0 amide bonds. The van der Waals surface area contributed by atoms with E-state index in [-0.39, 0.29) is 28.5 Å². The van der Waals surface area contributed by atoms with E-state index in [1.165, 1.54) is 18.9 Å². The average molecular weight is 656 g/mol. The number of hydrogen-bond donors (Lipinski definition) is 2. The zero-order valence-corrected chi connectivity index (χ0v) is 27.7. The first-order valence-electron chi connectivity index (χ1n) is 17.7. The molecule has 1 saturated carbocycles. The second-order valence-corrected chi connectivity index (χ2v) is 15.0. The summed E-state index contributed by atoms with van der Waals surface area (Å²) in [6, 6.07) is 10.0. The highest BCUT2D eigenvalue weighted by Crippen LogP contribution is 2.49. The minimum Gasteiger partial charge on any atom is -0.508 e. The fourth-order valence-corrected chi connectivity index (χ4v) is 9.07. The van der Waals surface area contributed by atoms with Gasteiger partial charge in [-0.05, 0) is 104 Å². The summed E-state index contributed by atoms with van der Waals surface area (Å²) in [5.74, 6) is -0.166. The van der Waals surface area contributed by atoms with Crippen LogP contribution in [0.3, 0.4) is 0 Å². The van der Waals surface area contributed by atoms with Crippen molar-refractivity contribution in [2.75, 3.05) is 44.4 Å². The molecular weight excluding hydrogens is 612 g/mol. The van der Waals surface area contributed by atoms with E-state index in [1.807, 2.05) is 19.9 Å². The number of phenolic OH excluding ortho intramolecular Hbond substituents is 1. The summed E-state index contributed by atoms with van der Waals surface area (Å²) in [6.07, 6.45) is 7.20. The van der Waals surface area contributed by atoms with E-state index in [0.717, 1.165) is 58.5 Å². The van der Waals surface area contributed by atoms with Gasteiger partial charge in [-0.1, -0.05) is 13.0 Å². The van der Waals surface area contributed by atoms with E-state index in [9.17, 15) is 5.11 Å². The summed E-state index contributed by atoms with van der Waals surface area (Å²) in [7, 11) is 0. The zero-order chi connectivity index (χ0) is 32.7. The molecule has 0 spiro atoms. The topological polar surface area (TPSA) is 83.0 Å². The van der Waals surface area contributed by atoms with E-state index in [2.05, 4.69) is 15.1 Å². The van der Waals surface area contributed by atoms with Gasteiger partial charge in [0.25, 0.3) is 0 Å². The van der Waals surface area contributed by atoms with Crippen molar-refractivity contribution in [2.45, 2.75) is 83.0 Å². The van der Waals surface area contributed by atoms with Crippen LogP contribution in [0.25, 0.3) is 32.8 Å². The number of anilines is 1. The maximum absolute atomic E-state index is 17.2. The molecule has 5 heterocycles. The summed E-state index contributed by atoms with van der Waals surface area (Å²) in [4.78, 5) is 14.7. The number of phenols is 1. The molecule has 4 aromatic rings. The van der Waals surface area contributed by atoms with Crippen molar-refractivity contribution in [3.05, 3.63) is 53.1 Å². The second-order valence-electron chi connectivity index (χ2n) is 15.0. The third kappa shape index (κ3) is 5.10. The van der Waals surface area contributed by atoms with Crippen molar-refractivity contribution >= 4 is 27.5 Å². The molecule has 9 rings (SSSR count). The number of halogens is 2. The van der Waals surface area contributed by atoms with Crippen molar-refractivity contribution in [1.29, 1.82) is 0 Å². The third-order valence-corrected chi connectivity index (χ3v) is 11.8. The fraction of sp³-hybridized carbons (Fsp3) is 0.526. The van der Waals surface area contributed by atoms with Crippen LogP contribution in [0.5, 0.6) is 11.8 Å². The van der Waals surface area contributed by atoms with Gasteiger partial charge in [-0.15, -0.1) is 0 Å². The van der Waals surface area contributed by atoms with Crippen molar-refractivity contribution in [3.63, 3.8) is 0 Å². The summed E-state index contributed by atoms with van der Waals surface area (Å²) in [5, 5.41) is 16.3. The van der Waals surface area contributed by atoms with Gasteiger partial charge < -0.3 is 24.8 Å². The Balaban J connectivity index is 1.14. The molecule has 4 atom stereocenters. The summed E-state index contributed by atoms with van der Waals surface area (Å²) >= 11 is 0. The number of nitrogens with zero attached hydrogens (tertiary/aromatic N) is 4. The van der Waals surface area contributed by atoms with Gasteiger partial charge in [0.2, 0.25) is 0 Å². The summed E-state index contributed by atoms with van der Waals surface area (Å²) in [6.45, 7) is 8.39. The van der Waals surface area contributed by atoms with Crippen molar-refractivity contribution in [3.8, 4) is 22.9 Å². The Labute approximate surface area is 279 Å². The maximum Gasteiger partial charge on any atom is 0.319 e. The number of benzene rings is 3. The lowest BCUT2D eigenvalue weighted by atomic mass is 9.89. The number of aromatic hydroxyl groups is 1. The molecular formula is C38H43F2N5O3. The van der Waals surface area contributed by atoms with E-state index < -0.39 is 5.82 Å². The second kappa shape index (κ2) is 11.5. The highest BCUT2D eigenvalue weighted by Gasteiger charge is 2.49. The number of morpholine rings is 1. The summed E-state index contributed by atoms with van der Waals surface area (Å²) < 4.78 is 44.6. The lowest BCUT2D eigenvalue weighted by Crippen LogP contribution is -2.51. The quantitative estimate of drug-likeness (QED) is 0.230. The third-order valence-electron chi connectivity index (χ3n) is 11.8. The number of hydrogen-bond acceptors (Lipinski definition) is 8. The van der Waals surface area contributed by atoms with Gasteiger partial charge in [-0.3, -0.25) is 4.90 Å². The van der Waals surface area contributed by atoms with Gasteiger partial charge in [0, 0.05) is 60.2 Å². The number of nitrogens with one attached hydrogen (secondary N) is 1. The molecule has 3 aromatic carbocycles. The van der Waals surface area contributed by atoms with Gasteiger partial charge >= 0.3 is 6.01 Å². The molecule has 0 radical (unpaired) electrons. The molecule has 4 aliphatic heterocycles. The number of aryl methyl sites for hydroxylation is 2. The van der Waals surface area contributed by atoms with E-state index in [4.69, 9.17) is 19.4 Å². The number of piperazine rings is 1. The Morgan fingerprint density at radius 3 is 2.48 bits per heavy atom. The number of aromatic nitrogens is 2. The highest BCUT2D eigenvalue weighted by molar-refractivity contribution is 6.04. The van der Waals surface area contributed by atoms with Gasteiger partial charge in [-0.25, -0.2) is 8.78 Å². The van der Waals surface area contributed by atoms with Crippen LogP contribution in [0, 0.1) is 24.0 Å². The Bertz CT molecular complexity index is 1900. The normalized spacial score (nSPS) is 26.1. The molecule has 4 unspecified atom stereocenters. The first-order valence-corrected chi connectivity index (χ1v) is 17.7. The van der Waals surface area contributed by atoms with Crippen LogP contribution >= 0.6 is 0 Å². The number of rotatable bonds is 8. The molecule has 4 bridgehead atoms. The van der Waals surface area contributed by atoms with E-state index in [1.54, 1.807) is 18.2 Å². The average Bonchev–Trinajstić information content (AvgIpc) is 3.72. The first-order chi connectivity index (χ1) is 23.3. The van der Waals surface area contributed by atoms with Crippen LogP contribution in [-0.4, -0.2) is 83.6 Å². The molecule has 1 aromatic heterocycles. The maximum atomic E-state index is 17.2. The van der Waals surface area contributed by atoms with Crippen molar-refractivity contribution in [2.24, 2.45) is 5.41 Å². The monoisotopic (exact) mass is 655 g/mol. The first kappa shape index (κ1) is 30.5. The Hall–Kier alpha value is -3.60. The van der Waals surface area contributed by atoms with Crippen LogP contribution in [0.2, 0.25) is 0 Å². The van der Waals surface area contributed by atoms with Gasteiger partial charge in [0.05, 0.1) is 19.8 Å². The van der Waals surface area contributed by atoms with Crippen molar-refractivity contribution in [1.82, 2.24) is 20.2 Å². The van der Waals surface area contributed by atoms with Crippen LogP contribution in [0.1, 0.15) is 56.6 Å². The zero-order valence-electron chi connectivity index (χ0n) is 27.7. The standard InChI is InChI=1S/C38H43F2N5O3/c1-3-28-31(39)9-4-22-13-27(46)14-29(33(22)28)32-21(2)12-30-35(34(32)40)42-37(43-36(30)44-15-23-5-6-24(16-44)41-23)48-20-38(10-11-38)19-45-25-7-8-26(45)18-47-17-25/h4,9,12-14,23-26,41,46H,3,5-8,10-11,15-20H2,1-2H3. The Kier molecular flexibility index (Phi) is 7.29. The molecule has 10 heteroatoms.